The Hall–Kier alpha value is -1.20. The van der Waals surface area contributed by atoms with Gasteiger partial charge < -0.3 is 15.3 Å². The fourth-order valence-corrected chi connectivity index (χ4v) is 2.15. The van der Waals surface area contributed by atoms with Crippen molar-refractivity contribution in [3.05, 3.63) is 24.1 Å². The largest absolute Gasteiger partial charge is 0.440 e. The Morgan fingerprint density at radius 1 is 1.44 bits per heavy atom. The lowest BCUT2D eigenvalue weighted by atomic mass is 10.3. The molecule has 1 aromatic heterocycles. The van der Waals surface area contributed by atoms with Crippen LogP contribution in [0.15, 0.2) is 22.6 Å². The summed E-state index contributed by atoms with van der Waals surface area (Å²) in [6.45, 7) is 0.233. The van der Waals surface area contributed by atoms with E-state index in [9.17, 15) is 0 Å². The van der Waals surface area contributed by atoms with Crippen molar-refractivity contribution < 1.29 is 9.52 Å². The third kappa shape index (κ3) is 2.68. The molecular formula is C11H14N2O2S. The van der Waals surface area contributed by atoms with Crippen molar-refractivity contribution in [2.24, 2.45) is 0 Å². The van der Waals surface area contributed by atoms with Crippen molar-refractivity contribution in [3.8, 4) is 0 Å². The van der Waals surface area contributed by atoms with Gasteiger partial charge in [0.25, 0.3) is 0 Å². The topological polar surface area (TPSA) is 72.3 Å². The molecule has 0 aliphatic heterocycles. The van der Waals surface area contributed by atoms with Gasteiger partial charge in [-0.2, -0.15) is 11.8 Å². The fourth-order valence-electron chi connectivity index (χ4n) is 1.38. The number of aliphatic hydroxyl groups excluding tert-OH is 1. The molecule has 1 heterocycles. The van der Waals surface area contributed by atoms with Crippen molar-refractivity contribution in [2.45, 2.75) is 12.2 Å². The van der Waals surface area contributed by atoms with E-state index in [1.54, 1.807) is 17.8 Å². The minimum atomic E-state index is 0.233. The minimum Gasteiger partial charge on any atom is -0.440 e. The van der Waals surface area contributed by atoms with Crippen LogP contribution in [0.25, 0.3) is 11.1 Å². The predicted octanol–water partition coefficient (Wildman–Crippen LogP) is 2.03. The summed E-state index contributed by atoms with van der Waals surface area (Å²) in [4.78, 5) is 4.35. The van der Waals surface area contributed by atoms with Crippen LogP contribution < -0.4 is 5.73 Å². The number of hydrogen-bond donors (Lipinski definition) is 2. The summed E-state index contributed by atoms with van der Waals surface area (Å²) in [5.74, 6) is 2.36. The highest BCUT2D eigenvalue weighted by Gasteiger charge is 2.05. The highest BCUT2D eigenvalue weighted by molar-refractivity contribution is 7.98. The summed E-state index contributed by atoms with van der Waals surface area (Å²) in [5, 5.41) is 8.64. The van der Waals surface area contributed by atoms with Gasteiger partial charge in [0.05, 0.1) is 5.75 Å². The number of benzene rings is 1. The van der Waals surface area contributed by atoms with Crippen LogP contribution in [-0.4, -0.2) is 22.5 Å². The van der Waals surface area contributed by atoms with E-state index >= 15 is 0 Å². The van der Waals surface area contributed by atoms with Gasteiger partial charge in [0, 0.05) is 18.4 Å². The molecule has 0 amide bonds. The van der Waals surface area contributed by atoms with Gasteiger partial charge in [0.1, 0.15) is 5.52 Å². The summed E-state index contributed by atoms with van der Waals surface area (Å²) < 4.78 is 5.55. The number of anilines is 1. The maximum Gasteiger partial charge on any atom is 0.205 e. The number of fused-ring (bicyclic) bond motifs is 1. The van der Waals surface area contributed by atoms with Crippen LogP contribution in [0.1, 0.15) is 12.3 Å². The number of hydrogen-bond acceptors (Lipinski definition) is 5. The quantitative estimate of drug-likeness (QED) is 0.616. The van der Waals surface area contributed by atoms with Crippen LogP contribution in [0.3, 0.4) is 0 Å². The molecule has 2 aromatic rings. The van der Waals surface area contributed by atoms with Crippen LogP contribution in [0.4, 0.5) is 5.69 Å². The molecule has 0 radical (unpaired) electrons. The molecule has 0 atom stereocenters. The monoisotopic (exact) mass is 238 g/mol. The molecule has 1 aromatic carbocycles. The standard InChI is InChI=1S/C11H14N2O2S/c12-8-2-3-9-10(6-8)15-11(13-9)7-16-5-1-4-14/h2-3,6,14H,1,4-5,7,12H2. The molecule has 5 heteroatoms. The Morgan fingerprint density at radius 3 is 3.12 bits per heavy atom. The van der Waals surface area contributed by atoms with Crippen LogP contribution in [0.2, 0.25) is 0 Å². The highest BCUT2D eigenvalue weighted by Crippen LogP contribution is 2.21. The van der Waals surface area contributed by atoms with Crippen molar-refractivity contribution in [1.82, 2.24) is 4.98 Å². The van der Waals surface area contributed by atoms with E-state index in [0.717, 1.165) is 29.0 Å². The predicted molar refractivity (Wildman–Crippen MR) is 66.3 cm³/mol. The number of aliphatic hydroxyl groups is 1. The fraction of sp³-hybridized carbons (Fsp3) is 0.364. The number of aromatic nitrogens is 1. The van der Waals surface area contributed by atoms with Crippen molar-refractivity contribution >= 4 is 28.5 Å². The first kappa shape index (κ1) is 11.3. The number of rotatable bonds is 5. The second kappa shape index (κ2) is 5.23. The third-order valence-corrected chi connectivity index (χ3v) is 3.16. The van der Waals surface area contributed by atoms with Gasteiger partial charge in [-0.1, -0.05) is 0 Å². The second-order valence-electron chi connectivity index (χ2n) is 3.46. The van der Waals surface area contributed by atoms with Crippen LogP contribution >= 0.6 is 11.8 Å². The number of thioether (sulfide) groups is 1. The zero-order valence-corrected chi connectivity index (χ0v) is 9.67. The summed E-state index contributed by atoms with van der Waals surface area (Å²) >= 11 is 1.70. The number of nitrogen functional groups attached to an aromatic ring is 1. The van der Waals surface area contributed by atoms with Crippen molar-refractivity contribution in [3.63, 3.8) is 0 Å². The molecule has 16 heavy (non-hydrogen) atoms. The maximum atomic E-state index is 8.64. The van der Waals surface area contributed by atoms with Crippen molar-refractivity contribution in [1.29, 1.82) is 0 Å². The average Bonchev–Trinajstić information content (AvgIpc) is 2.66. The van der Waals surface area contributed by atoms with Gasteiger partial charge in [-0.15, -0.1) is 0 Å². The Bertz CT molecular complexity index is 470. The number of nitrogens with two attached hydrogens (primary N) is 1. The zero-order valence-electron chi connectivity index (χ0n) is 8.85. The third-order valence-electron chi connectivity index (χ3n) is 2.13. The van der Waals surface area contributed by atoms with Crippen LogP contribution in [0, 0.1) is 0 Å². The minimum absolute atomic E-state index is 0.233. The molecule has 0 bridgehead atoms. The average molecular weight is 238 g/mol. The lowest BCUT2D eigenvalue weighted by Crippen LogP contribution is -1.87. The Kier molecular flexibility index (Phi) is 3.69. The first-order chi connectivity index (χ1) is 7.79. The second-order valence-corrected chi connectivity index (χ2v) is 4.57. The molecule has 0 saturated heterocycles. The molecule has 2 rings (SSSR count). The Balaban J connectivity index is 2.02. The lowest BCUT2D eigenvalue weighted by Gasteiger charge is -1.94. The number of nitrogens with zero attached hydrogens (tertiary/aromatic N) is 1. The van der Waals surface area contributed by atoms with Gasteiger partial charge in [0.2, 0.25) is 5.89 Å². The summed E-state index contributed by atoms with van der Waals surface area (Å²) in [6.07, 6.45) is 0.803. The first-order valence-electron chi connectivity index (χ1n) is 5.13. The normalized spacial score (nSPS) is 11.1. The van der Waals surface area contributed by atoms with E-state index in [1.807, 2.05) is 12.1 Å². The summed E-state index contributed by atoms with van der Waals surface area (Å²) in [5.41, 5.74) is 7.91. The first-order valence-corrected chi connectivity index (χ1v) is 6.28. The lowest BCUT2D eigenvalue weighted by molar-refractivity contribution is 0.296. The molecule has 0 spiro atoms. The molecule has 0 unspecified atom stereocenters. The van der Waals surface area contributed by atoms with E-state index < -0.39 is 0 Å². The van der Waals surface area contributed by atoms with E-state index in [2.05, 4.69) is 4.98 Å². The van der Waals surface area contributed by atoms with Crippen LogP contribution in [0.5, 0.6) is 0 Å². The highest BCUT2D eigenvalue weighted by atomic mass is 32.2. The maximum absolute atomic E-state index is 8.64. The van der Waals surface area contributed by atoms with Gasteiger partial charge >= 0.3 is 0 Å². The molecule has 3 N–H and O–H groups in total. The molecule has 0 aliphatic carbocycles. The molecular weight excluding hydrogens is 224 g/mol. The van der Waals surface area contributed by atoms with Gasteiger partial charge in [-0.3, -0.25) is 0 Å². The van der Waals surface area contributed by atoms with E-state index in [4.69, 9.17) is 15.3 Å². The molecule has 0 saturated carbocycles. The van der Waals surface area contributed by atoms with E-state index in [-0.39, 0.29) is 6.61 Å². The Labute approximate surface area is 97.8 Å². The van der Waals surface area contributed by atoms with Gasteiger partial charge in [0.15, 0.2) is 5.58 Å². The summed E-state index contributed by atoms with van der Waals surface area (Å²) in [7, 11) is 0. The molecule has 4 nitrogen and oxygen atoms in total. The SMILES string of the molecule is Nc1ccc2nc(CSCCCO)oc2c1. The zero-order chi connectivity index (χ0) is 11.4. The number of oxazole rings is 1. The Morgan fingerprint density at radius 2 is 2.31 bits per heavy atom. The van der Waals surface area contributed by atoms with Gasteiger partial charge in [-0.05, 0) is 24.3 Å². The van der Waals surface area contributed by atoms with Crippen molar-refractivity contribution in [2.75, 3.05) is 18.1 Å². The van der Waals surface area contributed by atoms with E-state index in [1.165, 1.54) is 0 Å². The molecule has 0 fully saturated rings. The smallest absolute Gasteiger partial charge is 0.205 e. The summed E-state index contributed by atoms with van der Waals surface area (Å²) in [6, 6.07) is 5.45. The molecule has 0 aliphatic rings. The van der Waals surface area contributed by atoms with E-state index in [0.29, 0.717) is 11.6 Å². The van der Waals surface area contributed by atoms with Gasteiger partial charge in [-0.25, -0.2) is 4.98 Å². The van der Waals surface area contributed by atoms with Crippen LogP contribution in [-0.2, 0) is 5.75 Å². The molecule has 86 valence electrons.